The summed E-state index contributed by atoms with van der Waals surface area (Å²) in [5, 5.41) is 11.1. The molecule has 136 valence electrons. The Morgan fingerprint density at radius 3 is 2.54 bits per heavy atom. The van der Waals surface area contributed by atoms with E-state index in [9.17, 15) is 9.59 Å². The van der Waals surface area contributed by atoms with Crippen molar-refractivity contribution in [2.24, 2.45) is 5.92 Å². The van der Waals surface area contributed by atoms with Crippen molar-refractivity contribution in [2.75, 3.05) is 11.9 Å². The molecule has 0 spiro atoms. The number of ether oxygens (including phenoxy) is 1. The molecule has 2 atom stereocenters. The van der Waals surface area contributed by atoms with E-state index in [1.54, 1.807) is 6.92 Å². The number of nitrogens with one attached hydrogen (secondary N) is 1. The fraction of sp³-hybridized carbons (Fsp3) is 0.750. The average molecular weight is 374 g/mol. The highest BCUT2D eigenvalue weighted by molar-refractivity contribution is 8.02. The van der Waals surface area contributed by atoms with Crippen LogP contribution in [0, 0.1) is 5.92 Å². The van der Waals surface area contributed by atoms with Crippen molar-refractivity contribution in [3.05, 3.63) is 0 Å². The number of aromatic nitrogens is 2. The summed E-state index contributed by atoms with van der Waals surface area (Å²) in [5.74, 6) is -0.236. The maximum Gasteiger partial charge on any atom is 0.319 e. The number of thioether (sulfide) groups is 1. The number of hydrogen-bond donors (Lipinski definition) is 1. The van der Waals surface area contributed by atoms with Crippen molar-refractivity contribution in [3.63, 3.8) is 0 Å². The molecule has 8 heteroatoms. The summed E-state index contributed by atoms with van der Waals surface area (Å²) in [6, 6.07) is 0. The average Bonchev–Trinajstić information content (AvgIpc) is 3.00. The SMILES string of the molecule is CCCCC(CC)C(=O)Nc1nnc(SC(CC)C(=O)OCC)s1. The summed E-state index contributed by atoms with van der Waals surface area (Å²) >= 11 is 2.62. The van der Waals surface area contributed by atoms with Crippen molar-refractivity contribution in [2.45, 2.75) is 69.4 Å². The van der Waals surface area contributed by atoms with E-state index in [1.807, 2.05) is 13.8 Å². The number of rotatable bonds is 11. The van der Waals surface area contributed by atoms with Crippen LogP contribution in [0.15, 0.2) is 4.34 Å². The predicted octanol–water partition coefficient (Wildman–Crippen LogP) is 4.13. The van der Waals surface area contributed by atoms with Gasteiger partial charge < -0.3 is 10.1 Å². The van der Waals surface area contributed by atoms with Gasteiger partial charge in [-0.3, -0.25) is 9.59 Å². The number of anilines is 1. The van der Waals surface area contributed by atoms with E-state index >= 15 is 0 Å². The van der Waals surface area contributed by atoms with Crippen LogP contribution >= 0.6 is 23.1 Å². The third kappa shape index (κ3) is 6.76. The second-order valence-electron chi connectivity index (χ2n) is 5.38. The molecule has 1 rings (SSSR count). The minimum Gasteiger partial charge on any atom is -0.465 e. The zero-order chi connectivity index (χ0) is 17.9. The van der Waals surface area contributed by atoms with Gasteiger partial charge in [0, 0.05) is 5.92 Å². The van der Waals surface area contributed by atoms with E-state index in [0.29, 0.717) is 22.5 Å². The fourth-order valence-corrected chi connectivity index (χ4v) is 4.06. The van der Waals surface area contributed by atoms with Gasteiger partial charge in [-0.15, -0.1) is 10.2 Å². The molecule has 1 heterocycles. The Kier molecular flexibility index (Phi) is 9.94. The van der Waals surface area contributed by atoms with E-state index in [2.05, 4.69) is 22.4 Å². The molecule has 2 unspecified atom stereocenters. The fourth-order valence-electron chi connectivity index (χ4n) is 2.14. The van der Waals surface area contributed by atoms with Gasteiger partial charge in [0.25, 0.3) is 0 Å². The van der Waals surface area contributed by atoms with Gasteiger partial charge >= 0.3 is 5.97 Å². The number of nitrogens with zero attached hydrogens (tertiary/aromatic N) is 2. The van der Waals surface area contributed by atoms with Crippen molar-refractivity contribution < 1.29 is 14.3 Å². The largest absolute Gasteiger partial charge is 0.465 e. The third-order valence-electron chi connectivity index (χ3n) is 3.57. The maximum absolute atomic E-state index is 12.3. The summed E-state index contributed by atoms with van der Waals surface area (Å²) in [7, 11) is 0. The minimum absolute atomic E-state index is 0.00363. The van der Waals surface area contributed by atoms with Crippen LogP contribution in [0.1, 0.15) is 59.8 Å². The number of esters is 1. The number of unbranched alkanes of at least 4 members (excludes halogenated alkanes) is 1. The Morgan fingerprint density at radius 1 is 1.21 bits per heavy atom. The van der Waals surface area contributed by atoms with E-state index in [-0.39, 0.29) is 23.0 Å². The Labute approximate surface area is 152 Å². The number of hydrogen-bond acceptors (Lipinski definition) is 7. The van der Waals surface area contributed by atoms with Crippen LogP contribution in [0.2, 0.25) is 0 Å². The lowest BCUT2D eigenvalue weighted by molar-refractivity contribution is -0.142. The first-order chi connectivity index (χ1) is 11.5. The highest BCUT2D eigenvalue weighted by Gasteiger charge is 2.22. The molecule has 1 amide bonds. The first-order valence-corrected chi connectivity index (χ1v) is 10.2. The maximum atomic E-state index is 12.3. The minimum atomic E-state index is -0.297. The smallest absolute Gasteiger partial charge is 0.319 e. The highest BCUT2D eigenvalue weighted by Crippen LogP contribution is 2.31. The topological polar surface area (TPSA) is 81.2 Å². The van der Waals surface area contributed by atoms with E-state index < -0.39 is 0 Å². The quantitative estimate of drug-likeness (QED) is 0.357. The summed E-state index contributed by atoms with van der Waals surface area (Å²) < 4.78 is 5.71. The van der Waals surface area contributed by atoms with Crippen molar-refractivity contribution in [1.29, 1.82) is 0 Å². The van der Waals surface area contributed by atoms with Crippen LogP contribution in [-0.2, 0) is 14.3 Å². The molecule has 1 aromatic rings. The first kappa shape index (κ1) is 20.9. The summed E-state index contributed by atoms with van der Waals surface area (Å²) in [5.41, 5.74) is 0. The molecule has 0 aliphatic rings. The Morgan fingerprint density at radius 2 is 1.96 bits per heavy atom. The van der Waals surface area contributed by atoms with Crippen molar-refractivity contribution >= 4 is 40.1 Å². The van der Waals surface area contributed by atoms with Crippen LogP contribution in [0.5, 0.6) is 0 Å². The molecule has 1 N–H and O–H groups in total. The zero-order valence-corrected chi connectivity index (χ0v) is 16.5. The second kappa shape index (κ2) is 11.4. The molecule has 0 aliphatic heterocycles. The van der Waals surface area contributed by atoms with Gasteiger partial charge in [-0.1, -0.05) is 56.7 Å². The number of amides is 1. The van der Waals surface area contributed by atoms with Gasteiger partial charge in [0.2, 0.25) is 11.0 Å². The van der Waals surface area contributed by atoms with Gasteiger partial charge in [-0.2, -0.15) is 0 Å². The molecular formula is C16H27N3O3S2. The van der Waals surface area contributed by atoms with Crippen LogP contribution in [0.25, 0.3) is 0 Å². The molecule has 0 aliphatic carbocycles. The van der Waals surface area contributed by atoms with Crippen LogP contribution < -0.4 is 5.32 Å². The number of carbonyl (C=O) groups excluding carboxylic acids is 2. The molecule has 24 heavy (non-hydrogen) atoms. The van der Waals surface area contributed by atoms with Gasteiger partial charge in [-0.05, 0) is 26.2 Å². The normalized spacial score (nSPS) is 13.3. The Bertz CT molecular complexity index is 522. The zero-order valence-electron chi connectivity index (χ0n) is 14.8. The monoisotopic (exact) mass is 373 g/mol. The molecule has 0 bridgehead atoms. The molecular weight excluding hydrogens is 346 g/mol. The lowest BCUT2D eigenvalue weighted by Crippen LogP contribution is -2.22. The second-order valence-corrected chi connectivity index (χ2v) is 7.80. The van der Waals surface area contributed by atoms with E-state index in [4.69, 9.17) is 4.74 Å². The standard InChI is InChI=1S/C16H27N3O3S2/c1-5-9-10-11(6-2)13(20)17-15-18-19-16(24-15)23-12(7-3)14(21)22-8-4/h11-12H,5-10H2,1-4H3,(H,17,18,20). The van der Waals surface area contributed by atoms with Gasteiger partial charge in [0.1, 0.15) is 5.25 Å². The van der Waals surface area contributed by atoms with Crippen LogP contribution in [-0.4, -0.2) is 33.9 Å². The Hall–Kier alpha value is -1.15. The van der Waals surface area contributed by atoms with E-state index in [1.165, 1.54) is 23.1 Å². The predicted molar refractivity (Wildman–Crippen MR) is 98.4 cm³/mol. The molecule has 0 radical (unpaired) electrons. The van der Waals surface area contributed by atoms with Gasteiger partial charge in [0.15, 0.2) is 4.34 Å². The molecule has 6 nitrogen and oxygen atoms in total. The molecule has 0 saturated heterocycles. The van der Waals surface area contributed by atoms with Gasteiger partial charge in [-0.25, -0.2) is 0 Å². The summed E-state index contributed by atoms with van der Waals surface area (Å²) in [6.07, 6.45) is 4.48. The lowest BCUT2D eigenvalue weighted by Gasteiger charge is -2.12. The first-order valence-electron chi connectivity index (χ1n) is 8.53. The summed E-state index contributed by atoms with van der Waals surface area (Å²) in [4.78, 5) is 24.1. The Balaban J connectivity index is 2.61. The van der Waals surface area contributed by atoms with Gasteiger partial charge in [0.05, 0.1) is 6.61 Å². The molecule has 0 fully saturated rings. The lowest BCUT2D eigenvalue weighted by atomic mass is 9.99. The highest BCUT2D eigenvalue weighted by atomic mass is 32.2. The van der Waals surface area contributed by atoms with E-state index in [0.717, 1.165) is 25.7 Å². The van der Waals surface area contributed by atoms with Crippen molar-refractivity contribution in [1.82, 2.24) is 10.2 Å². The molecule has 0 saturated carbocycles. The molecule has 0 aromatic carbocycles. The van der Waals surface area contributed by atoms with Crippen molar-refractivity contribution in [3.8, 4) is 0 Å². The summed E-state index contributed by atoms with van der Waals surface area (Å²) in [6.45, 7) is 8.22. The van der Waals surface area contributed by atoms with Crippen LogP contribution in [0.4, 0.5) is 5.13 Å². The van der Waals surface area contributed by atoms with Crippen LogP contribution in [0.3, 0.4) is 0 Å². The molecule has 1 aromatic heterocycles. The third-order valence-corrected chi connectivity index (χ3v) is 5.84. The number of carbonyl (C=O) groups is 2.